The molecule has 0 radical (unpaired) electrons. The van der Waals surface area contributed by atoms with Crippen LogP contribution in [0.5, 0.6) is 0 Å². The fraction of sp³-hybridized carbons (Fsp3) is 0.375. The predicted molar refractivity (Wildman–Crippen MR) is 48.1 cm³/mol. The zero-order valence-corrected chi connectivity index (χ0v) is 6.72. The summed E-state index contributed by atoms with van der Waals surface area (Å²) in [6, 6.07) is -0.0452. The Morgan fingerprint density at radius 1 is 1.58 bits per heavy atom. The molecule has 2 atom stereocenters. The SMILES string of the molecule is NC1C=NC2C(=C1)CC=CN2N. The lowest BCUT2D eigenvalue weighted by molar-refractivity contribution is 0.311. The molecule has 2 heterocycles. The second kappa shape index (κ2) is 2.73. The number of nitrogens with zero attached hydrogens (tertiary/aromatic N) is 2. The topological polar surface area (TPSA) is 67.6 Å². The van der Waals surface area contributed by atoms with E-state index in [9.17, 15) is 0 Å². The van der Waals surface area contributed by atoms with Crippen molar-refractivity contribution in [3.63, 3.8) is 0 Å². The van der Waals surface area contributed by atoms with E-state index in [4.69, 9.17) is 11.6 Å². The average molecular weight is 164 g/mol. The van der Waals surface area contributed by atoms with Crippen LogP contribution < -0.4 is 11.6 Å². The Hall–Kier alpha value is -1.13. The monoisotopic (exact) mass is 164 g/mol. The lowest BCUT2D eigenvalue weighted by Gasteiger charge is -2.31. The van der Waals surface area contributed by atoms with Crippen LogP contribution in [-0.4, -0.2) is 23.4 Å². The molecule has 0 saturated carbocycles. The summed E-state index contributed by atoms with van der Waals surface area (Å²) in [6.07, 6.45) is 8.48. The molecular formula is C8H12N4. The Balaban J connectivity index is 2.28. The number of hydrazine groups is 1. The summed E-state index contributed by atoms with van der Waals surface area (Å²) in [5, 5.41) is 1.59. The van der Waals surface area contributed by atoms with Gasteiger partial charge in [0, 0.05) is 12.4 Å². The molecule has 2 rings (SSSR count). The first-order valence-electron chi connectivity index (χ1n) is 3.96. The average Bonchev–Trinajstić information content (AvgIpc) is 2.04. The van der Waals surface area contributed by atoms with Crippen molar-refractivity contribution in [2.45, 2.75) is 18.6 Å². The smallest absolute Gasteiger partial charge is 0.156 e. The number of aliphatic imine (C=N–C) groups is 1. The summed E-state index contributed by atoms with van der Waals surface area (Å²) in [5.41, 5.74) is 6.87. The zero-order chi connectivity index (χ0) is 8.55. The summed E-state index contributed by atoms with van der Waals surface area (Å²) in [7, 11) is 0. The number of fused-ring (bicyclic) bond motifs is 1. The quantitative estimate of drug-likeness (QED) is 0.383. The molecular weight excluding hydrogens is 152 g/mol. The molecule has 0 aromatic heterocycles. The van der Waals surface area contributed by atoms with E-state index in [0.29, 0.717) is 0 Å². The van der Waals surface area contributed by atoms with Crippen molar-refractivity contribution in [3.8, 4) is 0 Å². The van der Waals surface area contributed by atoms with E-state index < -0.39 is 0 Å². The minimum absolute atomic E-state index is 0.0187. The van der Waals surface area contributed by atoms with Gasteiger partial charge >= 0.3 is 0 Å². The van der Waals surface area contributed by atoms with Gasteiger partial charge in [0.2, 0.25) is 0 Å². The molecule has 0 aromatic rings. The van der Waals surface area contributed by atoms with Crippen molar-refractivity contribution < 1.29 is 0 Å². The van der Waals surface area contributed by atoms with E-state index in [1.54, 1.807) is 11.2 Å². The molecule has 4 N–H and O–H groups in total. The van der Waals surface area contributed by atoms with Gasteiger partial charge in [-0.15, -0.1) is 0 Å². The minimum atomic E-state index is -0.0452. The third kappa shape index (κ3) is 1.15. The Kier molecular flexibility index (Phi) is 1.71. The molecule has 0 amide bonds. The van der Waals surface area contributed by atoms with Gasteiger partial charge in [0.1, 0.15) is 0 Å². The molecule has 2 unspecified atom stereocenters. The highest BCUT2D eigenvalue weighted by Crippen LogP contribution is 2.21. The first kappa shape index (κ1) is 7.52. The van der Waals surface area contributed by atoms with E-state index in [-0.39, 0.29) is 12.2 Å². The standard InChI is InChI=1S/C8H12N4/c9-7-4-6-2-1-3-12(10)8(6)11-5-7/h1,3-5,7-8H,2,9-10H2. The summed E-state index contributed by atoms with van der Waals surface area (Å²) in [4.78, 5) is 4.24. The molecule has 0 fully saturated rings. The van der Waals surface area contributed by atoms with Gasteiger partial charge in [-0.1, -0.05) is 12.2 Å². The maximum absolute atomic E-state index is 5.69. The van der Waals surface area contributed by atoms with Crippen LogP contribution in [0.3, 0.4) is 0 Å². The second-order valence-electron chi connectivity index (χ2n) is 3.03. The number of dihydropyridines is 1. The molecule has 0 saturated heterocycles. The van der Waals surface area contributed by atoms with Crippen LogP contribution in [0.2, 0.25) is 0 Å². The van der Waals surface area contributed by atoms with Gasteiger partial charge in [-0.25, -0.2) is 5.84 Å². The van der Waals surface area contributed by atoms with E-state index in [1.807, 2.05) is 18.4 Å². The molecule has 4 nitrogen and oxygen atoms in total. The van der Waals surface area contributed by atoms with Crippen molar-refractivity contribution >= 4 is 6.21 Å². The first-order chi connectivity index (χ1) is 5.77. The van der Waals surface area contributed by atoms with Crippen LogP contribution in [0, 0.1) is 0 Å². The number of allylic oxidation sites excluding steroid dienone is 1. The van der Waals surface area contributed by atoms with E-state index >= 15 is 0 Å². The first-order valence-corrected chi connectivity index (χ1v) is 3.96. The van der Waals surface area contributed by atoms with Crippen LogP contribution in [0.1, 0.15) is 6.42 Å². The largest absolute Gasteiger partial charge is 0.320 e. The Morgan fingerprint density at radius 3 is 3.25 bits per heavy atom. The second-order valence-corrected chi connectivity index (χ2v) is 3.03. The summed E-state index contributed by atoms with van der Waals surface area (Å²) >= 11 is 0. The van der Waals surface area contributed by atoms with Gasteiger partial charge in [0.15, 0.2) is 6.17 Å². The highest BCUT2D eigenvalue weighted by molar-refractivity contribution is 5.69. The predicted octanol–water partition coefficient (Wildman–Crippen LogP) is -0.256. The normalized spacial score (nSPS) is 33.2. The van der Waals surface area contributed by atoms with Gasteiger partial charge in [0.25, 0.3) is 0 Å². The van der Waals surface area contributed by atoms with Crippen molar-refractivity contribution in [3.05, 3.63) is 23.9 Å². The van der Waals surface area contributed by atoms with Crippen LogP contribution >= 0.6 is 0 Å². The molecule has 64 valence electrons. The number of hydrogen-bond donors (Lipinski definition) is 2. The summed E-state index contributed by atoms with van der Waals surface area (Å²) in [5.74, 6) is 5.69. The maximum atomic E-state index is 5.69. The van der Waals surface area contributed by atoms with Crippen LogP contribution in [0.15, 0.2) is 28.9 Å². The van der Waals surface area contributed by atoms with Gasteiger partial charge in [-0.2, -0.15) is 0 Å². The third-order valence-corrected chi connectivity index (χ3v) is 2.05. The van der Waals surface area contributed by atoms with Crippen LogP contribution in [0.4, 0.5) is 0 Å². The maximum Gasteiger partial charge on any atom is 0.156 e. The molecule has 0 bridgehead atoms. The van der Waals surface area contributed by atoms with Crippen molar-refractivity contribution in [2.75, 3.05) is 0 Å². The van der Waals surface area contributed by atoms with Gasteiger partial charge in [-0.05, 0) is 12.0 Å². The lowest BCUT2D eigenvalue weighted by atomic mass is 10.0. The van der Waals surface area contributed by atoms with Crippen LogP contribution in [0.25, 0.3) is 0 Å². The fourth-order valence-electron chi connectivity index (χ4n) is 1.49. The lowest BCUT2D eigenvalue weighted by Crippen LogP contribution is -2.41. The zero-order valence-electron chi connectivity index (χ0n) is 6.72. The molecule has 12 heavy (non-hydrogen) atoms. The van der Waals surface area contributed by atoms with Crippen LogP contribution in [-0.2, 0) is 0 Å². The minimum Gasteiger partial charge on any atom is -0.320 e. The van der Waals surface area contributed by atoms with Crippen molar-refractivity contribution in [2.24, 2.45) is 16.6 Å². The fourth-order valence-corrected chi connectivity index (χ4v) is 1.49. The molecule has 0 spiro atoms. The third-order valence-electron chi connectivity index (χ3n) is 2.05. The number of rotatable bonds is 0. The van der Waals surface area contributed by atoms with Gasteiger partial charge in [0.05, 0.1) is 6.04 Å². The van der Waals surface area contributed by atoms with Gasteiger partial charge < -0.3 is 5.73 Å². The molecule has 2 aliphatic heterocycles. The van der Waals surface area contributed by atoms with E-state index in [2.05, 4.69) is 4.99 Å². The molecule has 0 aromatic carbocycles. The highest BCUT2D eigenvalue weighted by atomic mass is 15.4. The Labute approximate surface area is 71.2 Å². The Morgan fingerprint density at radius 2 is 2.42 bits per heavy atom. The number of hydrogen-bond acceptors (Lipinski definition) is 4. The van der Waals surface area contributed by atoms with Gasteiger partial charge in [-0.3, -0.25) is 10.0 Å². The highest BCUT2D eigenvalue weighted by Gasteiger charge is 2.22. The molecule has 4 heteroatoms. The molecule has 2 aliphatic rings. The van der Waals surface area contributed by atoms with Crippen molar-refractivity contribution in [1.29, 1.82) is 0 Å². The molecule has 0 aliphatic carbocycles. The van der Waals surface area contributed by atoms with E-state index in [1.165, 1.54) is 5.57 Å². The summed E-state index contributed by atoms with van der Waals surface area (Å²) in [6.45, 7) is 0. The number of nitrogens with two attached hydrogens (primary N) is 2. The van der Waals surface area contributed by atoms with Crippen molar-refractivity contribution in [1.82, 2.24) is 5.01 Å². The Bertz CT molecular complexity index is 266. The summed E-state index contributed by atoms with van der Waals surface area (Å²) < 4.78 is 0. The van der Waals surface area contributed by atoms with E-state index in [0.717, 1.165) is 6.42 Å².